The van der Waals surface area contributed by atoms with Gasteiger partial charge in [0.25, 0.3) is 11.5 Å². The summed E-state index contributed by atoms with van der Waals surface area (Å²) in [4.78, 5) is 36.9. The third-order valence-corrected chi connectivity index (χ3v) is 4.40. The zero-order valence-corrected chi connectivity index (χ0v) is 15.5. The van der Waals surface area contributed by atoms with Gasteiger partial charge in [0, 0.05) is 5.39 Å². The molecule has 1 heterocycles. The van der Waals surface area contributed by atoms with Crippen LogP contribution in [0.2, 0.25) is 0 Å². The lowest BCUT2D eigenvalue weighted by Gasteiger charge is -2.12. The lowest BCUT2D eigenvalue weighted by Crippen LogP contribution is -2.43. The largest absolute Gasteiger partial charge is 0.290 e. The summed E-state index contributed by atoms with van der Waals surface area (Å²) in [6.07, 6.45) is 1.79. The van der Waals surface area contributed by atoms with Crippen molar-refractivity contribution in [2.45, 2.75) is 6.54 Å². The summed E-state index contributed by atoms with van der Waals surface area (Å²) in [5, 5.41) is 5.08. The zero-order chi connectivity index (χ0) is 19.2. The van der Waals surface area contributed by atoms with Gasteiger partial charge in [-0.3, -0.25) is 25.2 Å². The molecule has 1 aromatic heterocycles. The highest BCUT2D eigenvalue weighted by Gasteiger charge is 2.17. The summed E-state index contributed by atoms with van der Waals surface area (Å²) in [5.41, 5.74) is 5.39. The topological polar surface area (TPSA) is 93.1 Å². The minimum atomic E-state index is -0.581. The molecule has 0 aliphatic carbocycles. The fourth-order valence-corrected chi connectivity index (χ4v) is 2.95. The number of rotatable bonds is 5. The van der Waals surface area contributed by atoms with E-state index in [1.54, 1.807) is 30.5 Å². The van der Waals surface area contributed by atoms with Crippen molar-refractivity contribution in [1.82, 2.24) is 20.6 Å². The van der Waals surface area contributed by atoms with E-state index in [4.69, 9.17) is 0 Å². The van der Waals surface area contributed by atoms with E-state index in [0.29, 0.717) is 10.8 Å². The second-order valence-electron chi connectivity index (χ2n) is 5.78. The molecule has 2 amide bonds. The smallest absolute Gasteiger partial charge is 0.272 e. The van der Waals surface area contributed by atoms with Gasteiger partial charge in [-0.25, -0.2) is 4.68 Å². The summed E-state index contributed by atoms with van der Waals surface area (Å²) >= 11 is 1.34. The molecule has 0 atom stereocenters. The first kappa shape index (κ1) is 18.7. The van der Waals surface area contributed by atoms with Crippen molar-refractivity contribution >= 4 is 34.3 Å². The van der Waals surface area contributed by atoms with Gasteiger partial charge >= 0.3 is 0 Å². The predicted octanol–water partition coefficient (Wildman–Crippen LogP) is 1.57. The van der Waals surface area contributed by atoms with E-state index in [-0.39, 0.29) is 29.5 Å². The molecule has 3 aromatic rings. The van der Waals surface area contributed by atoms with Gasteiger partial charge in [-0.2, -0.15) is 16.9 Å². The molecule has 3 rings (SSSR count). The Bertz CT molecular complexity index is 1030. The number of carbonyl (C=O) groups is 2. The lowest BCUT2D eigenvalue weighted by molar-refractivity contribution is -0.119. The SMILES string of the molecule is CSCC(=O)NNC(=O)c1nn(Cc2ccccc2)c(=O)c2ccccc12. The van der Waals surface area contributed by atoms with Gasteiger partial charge in [0.1, 0.15) is 0 Å². The molecule has 138 valence electrons. The number of amides is 2. The van der Waals surface area contributed by atoms with Crippen LogP contribution in [-0.2, 0) is 11.3 Å². The molecule has 0 saturated heterocycles. The summed E-state index contributed by atoms with van der Waals surface area (Å²) in [6, 6.07) is 16.2. The average Bonchev–Trinajstić information content (AvgIpc) is 2.69. The number of fused-ring (bicyclic) bond motifs is 1. The Morgan fingerprint density at radius 1 is 1.00 bits per heavy atom. The molecule has 0 spiro atoms. The molecule has 0 saturated carbocycles. The van der Waals surface area contributed by atoms with E-state index in [1.165, 1.54) is 16.4 Å². The van der Waals surface area contributed by atoms with Gasteiger partial charge < -0.3 is 0 Å². The van der Waals surface area contributed by atoms with Crippen LogP contribution in [0.1, 0.15) is 16.1 Å². The number of aromatic nitrogens is 2. The molecule has 0 aliphatic rings. The minimum absolute atomic E-state index is 0.0746. The second kappa shape index (κ2) is 8.50. The molecule has 0 aliphatic heterocycles. The van der Waals surface area contributed by atoms with Crippen LogP contribution in [0.4, 0.5) is 0 Å². The highest BCUT2D eigenvalue weighted by atomic mass is 32.2. The van der Waals surface area contributed by atoms with E-state index in [9.17, 15) is 14.4 Å². The monoisotopic (exact) mass is 382 g/mol. The first-order valence-electron chi connectivity index (χ1n) is 8.22. The van der Waals surface area contributed by atoms with Gasteiger partial charge in [-0.1, -0.05) is 48.5 Å². The normalized spacial score (nSPS) is 10.6. The fraction of sp³-hybridized carbons (Fsp3) is 0.158. The number of hydrogen-bond acceptors (Lipinski definition) is 5. The number of hydrogen-bond donors (Lipinski definition) is 2. The minimum Gasteiger partial charge on any atom is -0.272 e. The Balaban J connectivity index is 1.98. The van der Waals surface area contributed by atoms with Gasteiger partial charge in [0.05, 0.1) is 17.7 Å². The Morgan fingerprint density at radius 3 is 2.37 bits per heavy atom. The van der Waals surface area contributed by atoms with Crippen LogP contribution in [0, 0.1) is 0 Å². The van der Waals surface area contributed by atoms with Crippen LogP contribution >= 0.6 is 11.8 Å². The van der Waals surface area contributed by atoms with Crippen LogP contribution in [0.15, 0.2) is 59.4 Å². The third-order valence-electron chi connectivity index (χ3n) is 3.85. The van der Waals surface area contributed by atoms with Crippen molar-refractivity contribution in [2.75, 3.05) is 12.0 Å². The molecule has 2 aromatic carbocycles. The fourth-order valence-electron chi connectivity index (χ4n) is 2.62. The highest BCUT2D eigenvalue weighted by Crippen LogP contribution is 2.13. The number of carbonyl (C=O) groups excluding carboxylic acids is 2. The van der Waals surface area contributed by atoms with Gasteiger partial charge in [0.15, 0.2) is 5.69 Å². The van der Waals surface area contributed by atoms with Crippen molar-refractivity contribution < 1.29 is 9.59 Å². The molecular weight excluding hydrogens is 364 g/mol. The first-order valence-corrected chi connectivity index (χ1v) is 9.61. The standard InChI is InChI=1S/C19H18N4O3S/c1-27-12-16(24)20-21-18(25)17-14-9-5-6-10-15(14)19(26)23(22-17)11-13-7-3-2-4-8-13/h2-10H,11-12H2,1H3,(H,20,24)(H,21,25). The van der Waals surface area contributed by atoms with Gasteiger partial charge in [-0.05, 0) is 17.9 Å². The van der Waals surface area contributed by atoms with E-state index in [0.717, 1.165) is 5.56 Å². The molecule has 7 nitrogen and oxygen atoms in total. The third kappa shape index (κ3) is 4.35. The summed E-state index contributed by atoms with van der Waals surface area (Å²) in [6.45, 7) is 0.240. The lowest BCUT2D eigenvalue weighted by atomic mass is 10.1. The number of nitrogens with one attached hydrogen (secondary N) is 2. The maximum Gasteiger partial charge on any atom is 0.290 e. The maximum absolute atomic E-state index is 12.8. The summed E-state index contributed by atoms with van der Waals surface area (Å²) in [7, 11) is 0. The zero-order valence-electron chi connectivity index (χ0n) is 14.6. The highest BCUT2D eigenvalue weighted by molar-refractivity contribution is 7.99. The van der Waals surface area contributed by atoms with Gasteiger partial charge in [0.2, 0.25) is 5.91 Å². The van der Waals surface area contributed by atoms with E-state index >= 15 is 0 Å². The van der Waals surface area contributed by atoms with Crippen molar-refractivity contribution in [3.05, 3.63) is 76.2 Å². The molecule has 2 N–H and O–H groups in total. The Labute approximate surface area is 159 Å². The molecule has 8 heteroatoms. The van der Waals surface area contributed by atoms with Crippen molar-refractivity contribution in [3.63, 3.8) is 0 Å². The first-order chi connectivity index (χ1) is 13.1. The molecule has 0 unspecified atom stereocenters. The Morgan fingerprint density at radius 2 is 1.67 bits per heavy atom. The van der Waals surface area contributed by atoms with E-state index < -0.39 is 5.91 Å². The summed E-state index contributed by atoms with van der Waals surface area (Å²) < 4.78 is 1.26. The van der Waals surface area contributed by atoms with E-state index in [2.05, 4.69) is 16.0 Å². The number of nitrogens with zero attached hydrogens (tertiary/aromatic N) is 2. The van der Waals surface area contributed by atoms with Crippen molar-refractivity contribution in [1.29, 1.82) is 0 Å². The van der Waals surface area contributed by atoms with Crippen molar-refractivity contribution in [2.24, 2.45) is 0 Å². The van der Waals surface area contributed by atoms with Crippen LogP contribution in [0.5, 0.6) is 0 Å². The number of thioether (sulfide) groups is 1. The maximum atomic E-state index is 12.8. The van der Waals surface area contributed by atoms with E-state index in [1.807, 2.05) is 30.3 Å². The Kier molecular flexibility index (Phi) is 5.87. The average molecular weight is 382 g/mol. The molecule has 0 fully saturated rings. The predicted molar refractivity (Wildman–Crippen MR) is 106 cm³/mol. The van der Waals surface area contributed by atoms with Crippen LogP contribution in [0.3, 0.4) is 0 Å². The van der Waals surface area contributed by atoms with Crippen LogP contribution in [0.25, 0.3) is 10.8 Å². The quantitative estimate of drug-likeness (QED) is 0.654. The number of hydrazine groups is 1. The van der Waals surface area contributed by atoms with Crippen LogP contribution < -0.4 is 16.4 Å². The molecule has 0 bridgehead atoms. The van der Waals surface area contributed by atoms with Crippen molar-refractivity contribution in [3.8, 4) is 0 Å². The summed E-state index contributed by atoms with van der Waals surface area (Å²) in [5.74, 6) is -0.678. The molecule has 27 heavy (non-hydrogen) atoms. The Hall–Kier alpha value is -3.13. The molecule has 0 radical (unpaired) electrons. The second-order valence-corrected chi connectivity index (χ2v) is 6.64. The number of benzene rings is 2. The molecular formula is C19H18N4O3S. The van der Waals surface area contributed by atoms with Gasteiger partial charge in [-0.15, -0.1) is 0 Å². The van der Waals surface area contributed by atoms with Crippen LogP contribution in [-0.4, -0.2) is 33.6 Å².